The summed E-state index contributed by atoms with van der Waals surface area (Å²) in [7, 11) is 5.40. The molecule has 1 unspecified atom stereocenters. The molecule has 10 atom stereocenters. The zero-order chi connectivity index (χ0) is 62.0. The van der Waals surface area contributed by atoms with Crippen LogP contribution in [0.2, 0.25) is 0 Å². The molecule has 4 bridgehead atoms. The van der Waals surface area contributed by atoms with Gasteiger partial charge in [-0.15, -0.1) is 0 Å². The van der Waals surface area contributed by atoms with Gasteiger partial charge in [-0.2, -0.15) is 13.2 Å². The van der Waals surface area contributed by atoms with Crippen LogP contribution in [0.5, 0.6) is 0 Å². The molecule has 484 valence electrons. The highest BCUT2D eigenvalue weighted by Gasteiger charge is 2.59. The molecule has 12 rings (SSSR count). The van der Waals surface area contributed by atoms with Crippen molar-refractivity contribution in [1.29, 1.82) is 0 Å². The van der Waals surface area contributed by atoms with Crippen molar-refractivity contribution in [1.82, 2.24) is 39.4 Å². The number of ether oxygens (including phenoxy) is 4. The number of morpholine rings is 1. The number of aromatic nitrogens is 2. The molecular formula is C67H97F3N10O8. The zero-order valence-corrected chi connectivity index (χ0v) is 53.5. The standard InChI is InChI=1S/C67H97F3N10O8/c1-9-86-60-53-37-77(31-32-87-53)47-20-21-52-49(33-47)51(58(80(52)40-67(68,69)70)50-34-48(36-71-54(50)43(3)85-8)76-29-27-75(28-30-76)46-18-19-46)35-65(4,5)41-88-64(84)42(2)13-12-24-73(6)62(82)55(60)72-61(81)57(44-14-10-11-15-44)78-25-22-66(38-78)23-26-79(39-66)63(83)59-56(74(59)7)45-16-17-45/h20-21,33-34,36,42-46,53,55-57,59-60H,9-19,22-32,35,37-41H2,1-8H3,(H,72,81)/t42-,43-,53+,55-,56+,57-,59+,60+,66-,74?/m0/s1. The number of fused-ring (bicyclic) bond motifs is 4. The molecule has 3 aromatic rings. The Kier molecular flexibility index (Phi) is 18.3. The smallest absolute Gasteiger partial charge is 0.406 e. The predicted octanol–water partition coefficient (Wildman–Crippen LogP) is 7.93. The molecule has 21 heteroatoms. The van der Waals surface area contributed by atoms with E-state index in [4.69, 9.17) is 23.9 Å². The molecule has 1 spiro atoms. The molecule has 5 saturated heterocycles. The number of nitrogens with zero attached hydrogens (tertiary/aromatic N) is 9. The van der Waals surface area contributed by atoms with Gasteiger partial charge in [-0.05, 0) is 140 Å². The van der Waals surface area contributed by atoms with E-state index < -0.39 is 60.4 Å². The van der Waals surface area contributed by atoms with E-state index in [2.05, 4.69) is 41.8 Å². The number of piperazine rings is 1. The van der Waals surface area contributed by atoms with Gasteiger partial charge in [0.1, 0.15) is 30.8 Å². The lowest BCUT2D eigenvalue weighted by Crippen LogP contribution is -2.64. The van der Waals surface area contributed by atoms with Crippen molar-refractivity contribution < 1.29 is 51.3 Å². The molecule has 18 nitrogen and oxygen atoms in total. The van der Waals surface area contributed by atoms with Crippen LogP contribution in [0.4, 0.5) is 24.5 Å². The average molecular weight is 1230 g/mol. The molecule has 3 saturated carbocycles. The van der Waals surface area contributed by atoms with Crippen LogP contribution in [0, 0.1) is 28.6 Å². The van der Waals surface area contributed by atoms with E-state index in [1.54, 1.807) is 25.1 Å². The van der Waals surface area contributed by atoms with Crippen molar-refractivity contribution >= 4 is 46.0 Å². The number of anilines is 2. The fourth-order valence-corrected chi connectivity index (χ4v) is 16.3. The minimum Gasteiger partial charge on any atom is -0.465 e. The first-order chi connectivity index (χ1) is 42.1. The maximum Gasteiger partial charge on any atom is 0.406 e. The minimum absolute atomic E-state index is 0.00716. The fraction of sp³-hybridized carbons (Fsp3) is 0.746. The van der Waals surface area contributed by atoms with Crippen molar-refractivity contribution in [3.05, 3.63) is 41.7 Å². The van der Waals surface area contributed by atoms with Crippen LogP contribution in [-0.2, 0) is 51.1 Å². The van der Waals surface area contributed by atoms with E-state index in [1.165, 1.54) is 30.3 Å². The van der Waals surface area contributed by atoms with Crippen LogP contribution in [0.3, 0.4) is 0 Å². The quantitative estimate of drug-likeness (QED) is 0.123. The van der Waals surface area contributed by atoms with E-state index in [1.807, 2.05) is 59.0 Å². The number of benzene rings is 1. The molecule has 9 aliphatic rings. The number of hydrogen-bond donors (Lipinski definition) is 1. The second-order valence-corrected chi connectivity index (χ2v) is 28.7. The third-order valence-corrected chi connectivity index (χ3v) is 21.6. The topological polar surface area (TPSA) is 158 Å². The Labute approximate surface area is 518 Å². The number of halogens is 3. The van der Waals surface area contributed by atoms with Crippen LogP contribution in [0.25, 0.3) is 22.2 Å². The Bertz CT molecular complexity index is 3030. The van der Waals surface area contributed by atoms with Gasteiger partial charge in [0.15, 0.2) is 0 Å². The SMILES string of the molecule is CCO[C@H]1[C@H](NC(=O)[C@H](C2CCCC2)N2CC[C@]3(CCN(C(=O)[C@H]4[C@@H](C5CC5)N4C)C3)C2)C(=O)N(C)CCC[C@H](C)C(=O)OCC(C)(C)Cc2c(-c3cc(N4CCN(C5CC5)CC4)cnc3[C@H](C)OC)n(CC(F)(F)F)c3ccc(cc23)N2CCO[C@@H]1C2. The van der Waals surface area contributed by atoms with Crippen molar-refractivity contribution in [3.8, 4) is 11.3 Å². The number of carbonyl (C=O) groups is 4. The molecule has 3 aliphatic carbocycles. The van der Waals surface area contributed by atoms with Gasteiger partial charge >= 0.3 is 12.1 Å². The molecule has 88 heavy (non-hydrogen) atoms. The van der Waals surface area contributed by atoms with Crippen LogP contribution in [0.15, 0.2) is 30.5 Å². The Balaban J connectivity index is 0.890. The molecular weight excluding hydrogens is 1130 g/mol. The summed E-state index contributed by atoms with van der Waals surface area (Å²) in [6, 6.07) is 6.97. The number of pyridine rings is 1. The zero-order valence-electron chi connectivity index (χ0n) is 53.5. The average Bonchev–Trinajstić information content (AvgIpc) is 1.61. The normalized spacial score (nSPS) is 30.6. The third-order valence-electron chi connectivity index (χ3n) is 21.6. The Morgan fingerprint density at radius 1 is 0.886 bits per heavy atom. The van der Waals surface area contributed by atoms with Crippen LogP contribution < -0.4 is 15.1 Å². The highest BCUT2D eigenvalue weighted by molar-refractivity contribution is 5.95. The number of cyclic esters (lactones) is 1. The number of likely N-dealkylation sites (N-methyl/N-ethyl adjacent to an activating group) is 2. The third kappa shape index (κ3) is 13.3. The van der Waals surface area contributed by atoms with Crippen LogP contribution >= 0.6 is 0 Å². The van der Waals surface area contributed by atoms with Gasteiger partial charge in [-0.25, -0.2) is 0 Å². The van der Waals surface area contributed by atoms with Crippen molar-refractivity contribution in [2.75, 3.05) is 123 Å². The van der Waals surface area contributed by atoms with E-state index in [-0.39, 0.29) is 67.9 Å². The van der Waals surface area contributed by atoms with Gasteiger partial charge in [0.2, 0.25) is 17.7 Å². The summed E-state index contributed by atoms with van der Waals surface area (Å²) < 4.78 is 73.0. The molecule has 1 aromatic carbocycles. The fourth-order valence-electron chi connectivity index (χ4n) is 16.3. The molecule has 8 fully saturated rings. The number of hydrogen-bond acceptors (Lipinski definition) is 14. The number of alkyl halides is 3. The predicted molar refractivity (Wildman–Crippen MR) is 331 cm³/mol. The number of amides is 3. The summed E-state index contributed by atoms with van der Waals surface area (Å²) in [6.45, 7) is 15.9. The summed E-state index contributed by atoms with van der Waals surface area (Å²) in [6.07, 6.45) is 6.59. The summed E-state index contributed by atoms with van der Waals surface area (Å²) >= 11 is 0. The summed E-state index contributed by atoms with van der Waals surface area (Å²) in [5, 5.41) is 3.99. The van der Waals surface area contributed by atoms with Gasteiger partial charge in [-0.3, -0.25) is 38.9 Å². The van der Waals surface area contributed by atoms with E-state index >= 15 is 22.8 Å². The van der Waals surface area contributed by atoms with Crippen molar-refractivity contribution in [3.63, 3.8) is 0 Å². The first kappa shape index (κ1) is 63.1. The maximum absolute atomic E-state index is 15.6. The lowest BCUT2D eigenvalue weighted by molar-refractivity contribution is -0.151. The Hall–Kier alpha value is -5.06. The minimum atomic E-state index is -4.61. The van der Waals surface area contributed by atoms with Gasteiger partial charge in [0.05, 0.1) is 54.5 Å². The maximum atomic E-state index is 15.6. The largest absolute Gasteiger partial charge is 0.465 e. The second kappa shape index (κ2) is 25.6. The Morgan fingerprint density at radius 2 is 1.64 bits per heavy atom. The van der Waals surface area contributed by atoms with Gasteiger partial charge in [0, 0.05) is 131 Å². The van der Waals surface area contributed by atoms with Gasteiger partial charge < -0.3 is 48.4 Å². The number of likely N-dealkylation sites (tertiary alicyclic amines) is 2. The summed E-state index contributed by atoms with van der Waals surface area (Å²) in [5.41, 5.74) is 3.25. The van der Waals surface area contributed by atoms with E-state index in [0.29, 0.717) is 90.4 Å². The lowest BCUT2D eigenvalue weighted by atomic mass is 9.84. The molecule has 6 aliphatic heterocycles. The van der Waals surface area contributed by atoms with Crippen molar-refractivity contribution in [2.24, 2.45) is 28.6 Å². The first-order valence-corrected chi connectivity index (χ1v) is 33.3. The van der Waals surface area contributed by atoms with Gasteiger partial charge in [0.25, 0.3) is 0 Å². The van der Waals surface area contributed by atoms with E-state index in [0.717, 1.165) is 89.2 Å². The molecule has 3 amide bonds. The highest BCUT2D eigenvalue weighted by atomic mass is 19.4. The second-order valence-electron chi connectivity index (χ2n) is 28.7. The summed E-state index contributed by atoms with van der Waals surface area (Å²) in [4.78, 5) is 79.3. The lowest BCUT2D eigenvalue weighted by Gasteiger charge is -2.42. The number of carbonyl (C=O) groups excluding carboxylic acids is 4. The van der Waals surface area contributed by atoms with Crippen LogP contribution in [0.1, 0.15) is 129 Å². The first-order valence-electron chi connectivity index (χ1n) is 33.3. The number of esters is 1. The van der Waals surface area contributed by atoms with Gasteiger partial charge in [-0.1, -0.05) is 33.6 Å². The Morgan fingerprint density at radius 3 is 2.34 bits per heavy atom. The monoisotopic (exact) mass is 1230 g/mol. The summed E-state index contributed by atoms with van der Waals surface area (Å²) in [5.74, 6) is -0.495. The van der Waals surface area contributed by atoms with E-state index in [9.17, 15) is 9.59 Å². The molecule has 2 aromatic heterocycles. The molecule has 8 heterocycles. The van der Waals surface area contributed by atoms with Crippen LogP contribution in [-0.4, -0.2) is 219 Å². The highest BCUT2D eigenvalue weighted by Crippen LogP contribution is 2.49. The number of nitrogens with one attached hydrogen (secondary N) is 1. The number of rotatable bonds is 14. The van der Waals surface area contributed by atoms with Crippen molar-refractivity contribution in [2.45, 2.75) is 179 Å². The molecule has 1 N–H and O–H groups in total. The molecule has 0 radical (unpaired) electrons. The number of methoxy groups -OCH3 is 1.